The molecule has 7 nitrogen and oxygen atoms in total. The highest BCUT2D eigenvalue weighted by Gasteiger charge is 2.19. The van der Waals surface area contributed by atoms with Crippen molar-refractivity contribution in [2.75, 3.05) is 30.3 Å². The van der Waals surface area contributed by atoms with E-state index < -0.39 is 0 Å². The maximum Gasteiger partial charge on any atom is 0.253 e. The quantitative estimate of drug-likeness (QED) is 0.568. The molecule has 2 fully saturated rings. The van der Waals surface area contributed by atoms with Crippen LogP contribution >= 0.6 is 0 Å². The van der Waals surface area contributed by atoms with E-state index in [1.165, 1.54) is 25.7 Å². The van der Waals surface area contributed by atoms with Gasteiger partial charge in [0.2, 0.25) is 5.91 Å². The Hall–Kier alpha value is -3.35. The van der Waals surface area contributed by atoms with Gasteiger partial charge < -0.3 is 20.9 Å². The van der Waals surface area contributed by atoms with Crippen molar-refractivity contribution in [1.82, 2.24) is 10.2 Å². The molecule has 0 bridgehead atoms. The highest BCUT2D eigenvalue weighted by molar-refractivity contribution is 5.98. The lowest BCUT2D eigenvalue weighted by atomic mass is 9.95. The topological polar surface area (TPSA) is 90.5 Å². The molecular weight excluding hydrogens is 428 g/mol. The summed E-state index contributed by atoms with van der Waals surface area (Å²) in [5, 5.41) is 9.05. The highest BCUT2D eigenvalue weighted by Crippen LogP contribution is 2.19. The Kier molecular flexibility index (Phi) is 8.17. The summed E-state index contributed by atoms with van der Waals surface area (Å²) in [6.07, 6.45) is 8.96. The smallest absolute Gasteiger partial charge is 0.253 e. The number of nitrogens with one attached hydrogen (secondary N) is 3. The largest absolute Gasteiger partial charge is 0.376 e. The fourth-order valence-electron chi connectivity index (χ4n) is 4.65. The van der Waals surface area contributed by atoms with E-state index >= 15 is 0 Å². The van der Waals surface area contributed by atoms with E-state index in [2.05, 4.69) is 16.0 Å². The molecule has 0 spiro atoms. The van der Waals surface area contributed by atoms with Crippen molar-refractivity contribution in [3.05, 3.63) is 59.7 Å². The van der Waals surface area contributed by atoms with Gasteiger partial charge in [0.05, 0.1) is 6.54 Å². The van der Waals surface area contributed by atoms with Crippen molar-refractivity contribution in [2.45, 2.75) is 57.4 Å². The molecular formula is C27H34N4O3. The van der Waals surface area contributed by atoms with Gasteiger partial charge in [0.1, 0.15) is 0 Å². The molecule has 180 valence electrons. The van der Waals surface area contributed by atoms with E-state index in [0.717, 1.165) is 44.5 Å². The zero-order valence-electron chi connectivity index (χ0n) is 19.6. The summed E-state index contributed by atoms with van der Waals surface area (Å²) in [6, 6.07) is 14.5. The minimum Gasteiger partial charge on any atom is -0.376 e. The first kappa shape index (κ1) is 23.8. The number of carbonyl (C=O) groups excluding carboxylic acids is 3. The van der Waals surface area contributed by atoms with E-state index in [1.807, 2.05) is 4.90 Å². The normalized spacial score (nSPS) is 16.5. The molecule has 2 aromatic carbocycles. The first-order valence-corrected chi connectivity index (χ1v) is 12.4. The Balaban J connectivity index is 1.25. The van der Waals surface area contributed by atoms with Crippen LogP contribution in [0, 0.1) is 0 Å². The molecule has 1 aliphatic heterocycles. The van der Waals surface area contributed by atoms with Gasteiger partial charge >= 0.3 is 0 Å². The summed E-state index contributed by atoms with van der Waals surface area (Å²) >= 11 is 0. The van der Waals surface area contributed by atoms with Crippen LogP contribution in [0.5, 0.6) is 0 Å². The third kappa shape index (κ3) is 6.59. The zero-order chi connectivity index (χ0) is 23.8. The first-order valence-electron chi connectivity index (χ1n) is 12.4. The lowest BCUT2D eigenvalue weighted by Gasteiger charge is -2.26. The second-order valence-corrected chi connectivity index (χ2v) is 9.22. The summed E-state index contributed by atoms with van der Waals surface area (Å²) < 4.78 is 0. The van der Waals surface area contributed by atoms with E-state index in [0.29, 0.717) is 16.8 Å². The van der Waals surface area contributed by atoms with Crippen LogP contribution in [0.25, 0.3) is 0 Å². The van der Waals surface area contributed by atoms with Gasteiger partial charge in [0, 0.05) is 41.6 Å². The van der Waals surface area contributed by atoms with Crippen LogP contribution in [0.15, 0.2) is 48.5 Å². The Morgan fingerprint density at radius 1 is 0.794 bits per heavy atom. The molecule has 3 amide bonds. The van der Waals surface area contributed by atoms with Crippen LogP contribution in [-0.2, 0) is 4.79 Å². The third-order valence-electron chi connectivity index (χ3n) is 6.58. The fourth-order valence-corrected chi connectivity index (χ4v) is 4.65. The molecule has 34 heavy (non-hydrogen) atoms. The monoisotopic (exact) mass is 462 g/mol. The third-order valence-corrected chi connectivity index (χ3v) is 6.58. The number of nitrogens with zero attached hydrogens (tertiary/aromatic N) is 1. The molecule has 0 atom stereocenters. The number of carbonyl (C=O) groups is 3. The number of rotatable bonds is 7. The number of hydrogen-bond donors (Lipinski definition) is 3. The maximum atomic E-state index is 12.7. The maximum absolute atomic E-state index is 12.7. The van der Waals surface area contributed by atoms with Crippen LogP contribution in [0.2, 0.25) is 0 Å². The fraction of sp³-hybridized carbons (Fsp3) is 0.444. The van der Waals surface area contributed by atoms with Gasteiger partial charge in [0.15, 0.2) is 0 Å². The van der Waals surface area contributed by atoms with Gasteiger partial charge in [-0.3, -0.25) is 14.4 Å². The van der Waals surface area contributed by atoms with Crippen molar-refractivity contribution in [2.24, 2.45) is 0 Å². The first-order chi connectivity index (χ1) is 16.6. The summed E-state index contributed by atoms with van der Waals surface area (Å²) in [4.78, 5) is 39.5. The molecule has 1 heterocycles. The minimum atomic E-state index is -0.207. The Labute approximate surface area is 201 Å². The molecule has 0 unspecified atom stereocenters. The van der Waals surface area contributed by atoms with Crippen molar-refractivity contribution >= 4 is 29.1 Å². The summed E-state index contributed by atoms with van der Waals surface area (Å²) in [5.41, 5.74) is 2.58. The highest BCUT2D eigenvalue weighted by atomic mass is 16.2. The van der Waals surface area contributed by atoms with Crippen molar-refractivity contribution < 1.29 is 14.4 Å². The lowest BCUT2D eigenvalue weighted by molar-refractivity contribution is -0.114. The average molecular weight is 463 g/mol. The van der Waals surface area contributed by atoms with E-state index in [9.17, 15) is 14.4 Å². The molecule has 3 N–H and O–H groups in total. The Morgan fingerprint density at radius 2 is 1.50 bits per heavy atom. The van der Waals surface area contributed by atoms with Gasteiger partial charge in [-0.25, -0.2) is 0 Å². The van der Waals surface area contributed by atoms with Crippen molar-refractivity contribution in [1.29, 1.82) is 0 Å². The molecule has 2 aromatic rings. The molecule has 1 saturated heterocycles. The Bertz CT molecular complexity index is 993. The van der Waals surface area contributed by atoms with E-state index in [4.69, 9.17) is 0 Å². The van der Waals surface area contributed by atoms with Crippen LogP contribution < -0.4 is 16.0 Å². The van der Waals surface area contributed by atoms with Gasteiger partial charge in [-0.1, -0.05) is 25.3 Å². The van der Waals surface area contributed by atoms with Crippen LogP contribution in [0.3, 0.4) is 0 Å². The van der Waals surface area contributed by atoms with E-state index in [1.54, 1.807) is 48.5 Å². The number of likely N-dealkylation sites (tertiary alicyclic amines) is 1. The molecule has 4 rings (SSSR count). The van der Waals surface area contributed by atoms with Gasteiger partial charge in [-0.05, 0) is 74.6 Å². The van der Waals surface area contributed by atoms with Gasteiger partial charge in [-0.2, -0.15) is 0 Å². The Morgan fingerprint density at radius 3 is 2.24 bits per heavy atom. The molecule has 7 heteroatoms. The molecule has 2 aliphatic rings. The summed E-state index contributed by atoms with van der Waals surface area (Å²) in [7, 11) is 0. The zero-order valence-corrected chi connectivity index (χ0v) is 19.6. The van der Waals surface area contributed by atoms with Crippen LogP contribution in [0.4, 0.5) is 11.4 Å². The van der Waals surface area contributed by atoms with Crippen molar-refractivity contribution in [3.63, 3.8) is 0 Å². The van der Waals surface area contributed by atoms with E-state index in [-0.39, 0.29) is 30.3 Å². The molecule has 1 saturated carbocycles. The molecule has 1 aliphatic carbocycles. The summed E-state index contributed by atoms with van der Waals surface area (Å²) in [5.74, 6) is -0.238. The number of hydrogen-bond acceptors (Lipinski definition) is 4. The molecule has 0 radical (unpaired) electrons. The number of piperidine rings is 1. The van der Waals surface area contributed by atoms with Gasteiger partial charge in [-0.15, -0.1) is 0 Å². The SMILES string of the molecule is O=C(CNc1ccc(C(=O)NC2CCCCC2)cc1)Nc1cccc(C(=O)N2CCCCC2)c1. The second-order valence-electron chi connectivity index (χ2n) is 9.22. The van der Waals surface area contributed by atoms with Crippen molar-refractivity contribution in [3.8, 4) is 0 Å². The predicted molar refractivity (Wildman–Crippen MR) is 134 cm³/mol. The standard InChI is InChI=1S/C27H34N4O3/c32-25(29-24-11-7-8-21(18-24)27(34)31-16-5-2-6-17-31)19-28-22-14-12-20(13-15-22)26(33)30-23-9-3-1-4-10-23/h7-8,11-15,18,23,28H,1-6,9-10,16-17,19H2,(H,29,32)(H,30,33). The lowest BCUT2D eigenvalue weighted by Crippen LogP contribution is -2.36. The average Bonchev–Trinajstić information content (AvgIpc) is 2.88. The number of amides is 3. The van der Waals surface area contributed by atoms with Crippen LogP contribution in [-0.4, -0.2) is 48.3 Å². The summed E-state index contributed by atoms with van der Waals surface area (Å²) in [6.45, 7) is 1.67. The number of anilines is 2. The number of benzene rings is 2. The molecule has 0 aromatic heterocycles. The van der Waals surface area contributed by atoms with Crippen LogP contribution in [0.1, 0.15) is 72.1 Å². The minimum absolute atomic E-state index is 0.0153. The predicted octanol–water partition coefficient (Wildman–Crippen LogP) is 4.43. The van der Waals surface area contributed by atoms with Gasteiger partial charge in [0.25, 0.3) is 11.8 Å². The second kappa shape index (κ2) is 11.7.